The fourth-order valence-electron chi connectivity index (χ4n) is 4.45. The molecule has 1 heterocycles. The van der Waals surface area contributed by atoms with Crippen LogP contribution in [0.25, 0.3) is 10.8 Å². The summed E-state index contributed by atoms with van der Waals surface area (Å²) in [7, 11) is 0. The van der Waals surface area contributed by atoms with E-state index in [1.165, 1.54) is 46.1 Å². The molecule has 1 aliphatic heterocycles. The van der Waals surface area contributed by atoms with E-state index in [1.807, 2.05) is 23.9 Å². The molecule has 1 fully saturated rings. The largest absolute Gasteiger partial charge is 0.417 e. The third-order valence-corrected chi connectivity index (χ3v) is 7.48. The molecule has 3 aromatic carbocycles. The van der Waals surface area contributed by atoms with E-state index in [0.717, 1.165) is 34.9 Å². The molecule has 4 rings (SSSR count). The first kappa shape index (κ1) is 21.2. The highest BCUT2D eigenvalue weighted by Crippen LogP contribution is 2.35. The van der Waals surface area contributed by atoms with E-state index in [0.29, 0.717) is 13.2 Å². The van der Waals surface area contributed by atoms with Gasteiger partial charge in [-0.05, 0) is 47.7 Å². The molecule has 0 radical (unpaired) electrons. The number of nitrogens with zero attached hydrogens (tertiary/aromatic N) is 1. The van der Waals surface area contributed by atoms with Gasteiger partial charge in [0.2, 0.25) is 6.73 Å². The smallest absolute Gasteiger partial charge is 0.297 e. The van der Waals surface area contributed by atoms with Gasteiger partial charge in [0.15, 0.2) is 0 Å². The second-order valence-corrected chi connectivity index (χ2v) is 9.47. The summed E-state index contributed by atoms with van der Waals surface area (Å²) < 4.78 is 6.05. The Morgan fingerprint density at radius 1 is 0.967 bits per heavy atom. The molecule has 0 aromatic heterocycles. The van der Waals surface area contributed by atoms with Gasteiger partial charge in [-0.1, -0.05) is 60.1 Å². The summed E-state index contributed by atoms with van der Waals surface area (Å²) >= 11 is 8.50. The van der Waals surface area contributed by atoms with Gasteiger partial charge in [0.25, 0.3) is 6.47 Å². The standard InChI is InChI=1S/C25H27ClNO2S/c26-24-12-6-10-21(16-27(18-29-19-28)14-4-1-5-15-27)23(24)17-30-25-13-7-9-20-8-2-3-11-22(20)25/h2-3,6-13,19H,1,4-5,14-18H2/q+1. The molecular weight excluding hydrogens is 414 g/mol. The van der Waals surface area contributed by atoms with Gasteiger partial charge in [0, 0.05) is 21.2 Å². The molecule has 0 amide bonds. The Morgan fingerprint density at radius 3 is 2.57 bits per heavy atom. The zero-order valence-electron chi connectivity index (χ0n) is 17.1. The zero-order chi connectivity index (χ0) is 20.8. The number of benzene rings is 3. The van der Waals surface area contributed by atoms with Crippen molar-refractivity contribution in [1.82, 2.24) is 0 Å². The Bertz CT molecular complexity index is 1010. The molecule has 1 aliphatic rings. The predicted molar refractivity (Wildman–Crippen MR) is 125 cm³/mol. The minimum Gasteiger partial charge on any atom is -0.417 e. The molecule has 0 saturated carbocycles. The average molecular weight is 441 g/mol. The monoisotopic (exact) mass is 440 g/mol. The number of carbonyl (C=O) groups excluding carboxylic acids is 1. The maximum atomic E-state index is 10.9. The first-order valence-corrected chi connectivity index (χ1v) is 11.8. The maximum absolute atomic E-state index is 10.9. The minimum atomic E-state index is 0.436. The van der Waals surface area contributed by atoms with Crippen LogP contribution >= 0.6 is 23.4 Å². The van der Waals surface area contributed by atoms with Crippen molar-refractivity contribution in [1.29, 1.82) is 0 Å². The zero-order valence-corrected chi connectivity index (χ0v) is 18.6. The lowest BCUT2D eigenvalue weighted by Crippen LogP contribution is -2.52. The van der Waals surface area contributed by atoms with Crippen molar-refractivity contribution in [3.63, 3.8) is 0 Å². The predicted octanol–water partition coefficient (Wildman–Crippen LogP) is 6.42. The van der Waals surface area contributed by atoms with Crippen LogP contribution < -0.4 is 0 Å². The molecule has 1 saturated heterocycles. The molecule has 30 heavy (non-hydrogen) atoms. The number of likely N-dealkylation sites (tertiary alicyclic amines) is 1. The molecular formula is C25H27ClNO2S+. The van der Waals surface area contributed by atoms with Crippen LogP contribution in [0.2, 0.25) is 5.02 Å². The summed E-state index contributed by atoms with van der Waals surface area (Å²) in [6.45, 7) is 3.93. The Balaban J connectivity index is 1.59. The highest BCUT2D eigenvalue weighted by atomic mass is 35.5. The van der Waals surface area contributed by atoms with E-state index in [2.05, 4.69) is 48.5 Å². The summed E-state index contributed by atoms with van der Waals surface area (Å²) in [6.07, 6.45) is 3.59. The number of ether oxygens (including phenoxy) is 1. The fourth-order valence-corrected chi connectivity index (χ4v) is 5.95. The number of rotatable bonds is 8. The second kappa shape index (κ2) is 9.86. The van der Waals surface area contributed by atoms with Gasteiger partial charge < -0.3 is 4.74 Å². The first-order chi connectivity index (χ1) is 14.7. The third-order valence-electron chi connectivity index (χ3n) is 6.02. The summed E-state index contributed by atoms with van der Waals surface area (Å²) in [5, 5.41) is 3.34. The van der Waals surface area contributed by atoms with E-state index in [4.69, 9.17) is 16.3 Å². The van der Waals surface area contributed by atoms with Gasteiger partial charge >= 0.3 is 0 Å². The quantitative estimate of drug-likeness (QED) is 0.230. The summed E-state index contributed by atoms with van der Waals surface area (Å²) in [5.74, 6) is 0.817. The fraction of sp³-hybridized carbons (Fsp3) is 0.320. The summed E-state index contributed by atoms with van der Waals surface area (Å²) in [6, 6.07) is 21.1. The van der Waals surface area contributed by atoms with E-state index < -0.39 is 0 Å². The summed E-state index contributed by atoms with van der Waals surface area (Å²) in [5.41, 5.74) is 2.44. The molecule has 0 atom stereocenters. The lowest BCUT2D eigenvalue weighted by Gasteiger charge is -2.40. The van der Waals surface area contributed by atoms with Gasteiger partial charge in [-0.15, -0.1) is 11.8 Å². The van der Waals surface area contributed by atoms with Crippen LogP contribution in [0, 0.1) is 0 Å². The molecule has 3 aromatic rings. The first-order valence-electron chi connectivity index (χ1n) is 10.5. The van der Waals surface area contributed by atoms with Gasteiger partial charge in [-0.2, -0.15) is 0 Å². The van der Waals surface area contributed by atoms with Crippen molar-refractivity contribution in [3.8, 4) is 0 Å². The molecule has 3 nitrogen and oxygen atoms in total. The van der Waals surface area contributed by atoms with Crippen molar-refractivity contribution in [2.24, 2.45) is 0 Å². The summed E-state index contributed by atoms with van der Waals surface area (Å²) in [4.78, 5) is 12.1. The minimum absolute atomic E-state index is 0.436. The van der Waals surface area contributed by atoms with Crippen LogP contribution in [-0.2, 0) is 21.8 Å². The van der Waals surface area contributed by atoms with Crippen molar-refractivity contribution < 1.29 is 14.0 Å². The van der Waals surface area contributed by atoms with E-state index >= 15 is 0 Å². The lowest BCUT2D eigenvalue weighted by molar-refractivity contribution is -0.959. The van der Waals surface area contributed by atoms with Crippen LogP contribution in [0.3, 0.4) is 0 Å². The van der Waals surface area contributed by atoms with Crippen LogP contribution in [-0.4, -0.2) is 30.8 Å². The average Bonchev–Trinajstić information content (AvgIpc) is 2.78. The van der Waals surface area contributed by atoms with E-state index in [1.54, 1.807) is 0 Å². The Kier molecular flexibility index (Phi) is 6.98. The highest BCUT2D eigenvalue weighted by Gasteiger charge is 2.32. The van der Waals surface area contributed by atoms with E-state index in [9.17, 15) is 4.79 Å². The van der Waals surface area contributed by atoms with Crippen molar-refractivity contribution in [2.75, 3.05) is 19.8 Å². The van der Waals surface area contributed by atoms with Gasteiger partial charge in [-0.25, -0.2) is 0 Å². The molecule has 0 aliphatic carbocycles. The van der Waals surface area contributed by atoms with Gasteiger partial charge in [-0.3, -0.25) is 9.28 Å². The number of halogens is 1. The normalized spacial score (nSPS) is 15.8. The van der Waals surface area contributed by atoms with Crippen LogP contribution in [0.5, 0.6) is 0 Å². The number of fused-ring (bicyclic) bond motifs is 1. The molecule has 5 heteroatoms. The maximum Gasteiger partial charge on any atom is 0.297 e. The second-order valence-electron chi connectivity index (χ2n) is 8.04. The number of hydrogen-bond acceptors (Lipinski definition) is 3. The number of piperidine rings is 1. The van der Waals surface area contributed by atoms with Gasteiger partial charge in [0.05, 0.1) is 13.1 Å². The number of carbonyl (C=O) groups is 1. The SMILES string of the molecule is O=COC[N+]1(Cc2cccc(Cl)c2CSc2cccc3ccccc23)CCCCC1. The van der Waals surface area contributed by atoms with Crippen molar-refractivity contribution in [2.45, 2.75) is 36.5 Å². The Labute approximate surface area is 187 Å². The number of hydrogen-bond donors (Lipinski definition) is 0. The number of quaternary nitrogens is 1. The Morgan fingerprint density at radius 2 is 1.73 bits per heavy atom. The number of thioether (sulfide) groups is 1. The molecule has 0 N–H and O–H groups in total. The van der Waals surface area contributed by atoms with Crippen LogP contribution in [0.1, 0.15) is 30.4 Å². The molecule has 0 unspecified atom stereocenters. The molecule has 0 bridgehead atoms. The highest BCUT2D eigenvalue weighted by molar-refractivity contribution is 7.98. The van der Waals surface area contributed by atoms with Crippen LogP contribution in [0.4, 0.5) is 0 Å². The topological polar surface area (TPSA) is 26.3 Å². The van der Waals surface area contributed by atoms with Gasteiger partial charge in [0.1, 0.15) is 6.54 Å². The van der Waals surface area contributed by atoms with Crippen molar-refractivity contribution >= 4 is 40.6 Å². The molecule has 0 spiro atoms. The Hall–Kier alpha value is -2.01. The molecule has 156 valence electrons. The van der Waals surface area contributed by atoms with E-state index in [-0.39, 0.29) is 0 Å². The lowest BCUT2D eigenvalue weighted by atomic mass is 10.0. The van der Waals surface area contributed by atoms with Crippen LogP contribution in [0.15, 0.2) is 65.6 Å². The third kappa shape index (κ3) is 4.83. The van der Waals surface area contributed by atoms with Crippen molar-refractivity contribution in [3.05, 3.63) is 76.8 Å².